The first-order valence-corrected chi connectivity index (χ1v) is 7.75. The second-order valence-electron chi connectivity index (χ2n) is 4.88. The highest BCUT2D eigenvalue weighted by atomic mass is 16.5. The van der Waals surface area contributed by atoms with Crippen LogP contribution in [0.3, 0.4) is 0 Å². The SMILES string of the molecule is C=C[C@@H](C#CC#C[C@@H](O)/C=C\CCCCCCC)OC(C)=O. The lowest BCUT2D eigenvalue weighted by molar-refractivity contribution is -0.142. The van der Waals surface area contributed by atoms with Crippen LogP contribution in [-0.2, 0) is 9.53 Å². The fourth-order valence-corrected chi connectivity index (χ4v) is 1.67. The lowest BCUT2D eigenvalue weighted by Crippen LogP contribution is -2.10. The molecule has 0 saturated heterocycles. The van der Waals surface area contributed by atoms with E-state index in [-0.39, 0.29) is 0 Å². The Kier molecular flexibility index (Phi) is 12.7. The molecule has 0 unspecified atom stereocenters. The van der Waals surface area contributed by atoms with Gasteiger partial charge in [-0.05, 0) is 42.8 Å². The predicted molar refractivity (Wildman–Crippen MR) is 89.8 cm³/mol. The van der Waals surface area contributed by atoms with Gasteiger partial charge in [-0.3, -0.25) is 4.79 Å². The molecule has 0 aromatic heterocycles. The van der Waals surface area contributed by atoms with Gasteiger partial charge in [-0.15, -0.1) is 0 Å². The average Bonchev–Trinajstić information content (AvgIpc) is 2.49. The van der Waals surface area contributed by atoms with Crippen molar-refractivity contribution in [3.05, 3.63) is 24.8 Å². The van der Waals surface area contributed by atoms with E-state index in [9.17, 15) is 9.90 Å². The first-order chi connectivity index (χ1) is 10.6. The number of allylic oxidation sites excluding steroid dienone is 1. The summed E-state index contributed by atoms with van der Waals surface area (Å²) in [6, 6.07) is 0. The Hall–Kier alpha value is -1.97. The van der Waals surface area contributed by atoms with Crippen molar-refractivity contribution in [2.45, 2.75) is 64.6 Å². The fourth-order valence-electron chi connectivity index (χ4n) is 1.67. The first-order valence-electron chi connectivity index (χ1n) is 7.75. The van der Waals surface area contributed by atoms with E-state index < -0.39 is 18.2 Å². The summed E-state index contributed by atoms with van der Waals surface area (Å²) in [6.45, 7) is 7.02. The van der Waals surface area contributed by atoms with E-state index in [1.54, 1.807) is 6.08 Å². The minimum Gasteiger partial charge on any atom is -0.445 e. The maximum absolute atomic E-state index is 10.8. The summed E-state index contributed by atoms with van der Waals surface area (Å²) in [5, 5.41) is 9.62. The predicted octanol–water partition coefficient (Wildman–Crippen LogP) is 3.39. The van der Waals surface area contributed by atoms with Gasteiger partial charge in [0.2, 0.25) is 0 Å². The van der Waals surface area contributed by atoms with Crippen molar-refractivity contribution in [3.63, 3.8) is 0 Å². The summed E-state index contributed by atoms with van der Waals surface area (Å²) in [5.41, 5.74) is 0. The van der Waals surface area contributed by atoms with Crippen LogP contribution in [0.5, 0.6) is 0 Å². The molecule has 0 aromatic carbocycles. The normalized spacial score (nSPS) is 12.5. The zero-order chi connectivity index (χ0) is 16.6. The van der Waals surface area contributed by atoms with Crippen LogP contribution >= 0.6 is 0 Å². The molecule has 0 amide bonds. The summed E-state index contributed by atoms with van der Waals surface area (Å²) < 4.78 is 4.85. The minimum atomic E-state index is -0.819. The van der Waals surface area contributed by atoms with Crippen molar-refractivity contribution in [1.82, 2.24) is 0 Å². The second-order valence-corrected chi connectivity index (χ2v) is 4.88. The second kappa shape index (κ2) is 14.0. The van der Waals surface area contributed by atoms with Gasteiger partial charge in [-0.1, -0.05) is 51.2 Å². The molecule has 0 fully saturated rings. The van der Waals surface area contributed by atoms with E-state index in [1.165, 1.54) is 38.7 Å². The van der Waals surface area contributed by atoms with Gasteiger partial charge < -0.3 is 9.84 Å². The van der Waals surface area contributed by atoms with Gasteiger partial charge in [0, 0.05) is 6.92 Å². The van der Waals surface area contributed by atoms with Crippen molar-refractivity contribution in [2.24, 2.45) is 0 Å². The van der Waals surface area contributed by atoms with E-state index in [2.05, 4.69) is 37.2 Å². The number of carbonyl (C=O) groups excluding carboxylic acids is 1. The lowest BCUT2D eigenvalue weighted by Gasteiger charge is -2.03. The standard InChI is InChI=1S/C19H26O3/c1-4-6-7-8-9-10-11-14-18(21)15-12-13-16-19(5-2)22-17(3)20/h5,11,14,18-19,21H,2,4,6-10H2,1,3H3/b14-11-/t18-,19-/m0/s1. The third-order valence-electron chi connectivity index (χ3n) is 2.80. The molecule has 0 aliphatic rings. The van der Waals surface area contributed by atoms with Gasteiger partial charge in [0.15, 0.2) is 6.10 Å². The quantitative estimate of drug-likeness (QED) is 0.307. The van der Waals surface area contributed by atoms with Crippen LogP contribution in [0.2, 0.25) is 0 Å². The Morgan fingerprint density at radius 2 is 1.91 bits per heavy atom. The fraction of sp³-hybridized carbons (Fsp3) is 0.526. The van der Waals surface area contributed by atoms with Crippen LogP contribution in [-0.4, -0.2) is 23.3 Å². The molecule has 0 heterocycles. The Morgan fingerprint density at radius 3 is 2.55 bits per heavy atom. The molecule has 0 aromatic rings. The maximum atomic E-state index is 10.8. The first kappa shape index (κ1) is 20.0. The smallest absolute Gasteiger partial charge is 0.304 e. The number of hydrogen-bond donors (Lipinski definition) is 1. The molecule has 0 aliphatic carbocycles. The zero-order valence-corrected chi connectivity index (χ0v) is 13.6. The molecular weight excluding hydrogens is 276 g/mol. The zero-order valence-electron chi connectivity index (χ0n) is 13.6. The molecular formula is C19H26O3. The Balaban J connectivity index is 4.04. The summed E-state index contributed by atoms with van der Waals surface area (Å²) in [5.74, 6) is 9.89. The average molecular weight is 302 g/mol. The molecule has 2 atom stereocenters. The number of aliphatic hydroxyl groups excluding tert-OH is 1. The van der Waals surface area contributed by atoms with Crippen LogP contribution in [0.1, 0.15) is 52.4 Å². The molecule has 22 heavy (non-hydrogen) atoms. The molecule has 0 saturated carbocycles. The molecule has 3 heteroatoms. The van der Waals surface area contributed by atoms with Crippen LogP contribution in [0.25, 0.3) is 0 Å². The molecule has 120 valence electrons. The summed E-state index contributed by atoms with van der Waals surface area (Å²) >= 11 is 0. The van der Waals surface area contributed by atoms with Crippen molar-refractivity contribution in [3.8, 4) is 23.7 Å². The third kappa shape index (κ3) is 13.0. The molecule has 0 aliphatic heterocycles. The van der Waals surface area contributed by atoms with E-state index >= 15 is 0 Å². The molecule has 0 spiro atoms. The Bertz CT molecular complexity index is 468. The van der Waals surface area contributed by atoms with Crippen molar-refractivity contribution < 1.29 is 14.6 Å². The Morgan fingerprint density at radius 1 is 1.23 bits per heavy atom. The van der Waals surface area contributed by atoms with Crippen LogP contribution in [0.15, 0.2) is 24.8 Å². The maximum Gasteiger partial charge on any atom is 0.304 e. The monoisotopic (exact) mass is 302 g/mol. The van der Waals surface area contributed by atoms with Crippen molar-refractivity contribution in [1.29, 1.82) is 0 Å². The molecule has 3 nitrogen and oxygen atoms in total. The number of unbranched alkanes of at least 4 members (excludes halogenated alkanes) is 5. The van der Waals surface area contributed by atoms with E-state index in [4.69, 9.17) is 4.74 Å². The lowest BCUT2D eigenvalue weighted by atomic mass is 10.1. The van der Waals surface area contributed by atoms with Gasteiger partial charge in [0.1, 0.15) is 6.10 Å². The molecule has 1 N–H and O–H groups in total. The Labute approximate surface area is 134 Å². The minimum absolute atomic E-state index is 0.422. The van der Waals surface area contributed by atoms with Crippen molar-refractivity contribution >= 4 is 5.97 Å². The number of hydrogen-bond acceptors (Lipinski definition) is 3. The van der Waals surface area contributed by atoms with Gasteiger partial charge in [0.25, 0.3) is 0 Å². The topological polar surface area (TPSA) is 46.5 Å². The van der Waals surface area contributed by atoms with Crippen LogP contribution < -0.4 is 0 Å². The third-order valence-corrected chi connectivity index (χ3v) is 2.80. The number of aliphatic hydroxyl groups is 1. The number of esters is 1. The van der Waals surface area contributed by atoms with E-state index in [0.717, 1.165) is 12.8 Å². The summed E-state index contributed by atoms with van der Waals surface area (Å²) in [7, 11) is 0. The molecule has 0 bridgehead atoms. The van der Waals surface area contributed by atoms with E-state index in [1.807, 2.05) is 6.08 Å². The summed E-state index contributed by atoms with van der Waals surface area (Å²) in [6.07, 6.45) is 10.7. The summed E-state index contributed by atoms with van der Waals surface area (Å²) in [4.78, 5) is 10.8. The van der Waals surface area contributed by atoms with Gasteiger partial charge in [-0.25, -0.2) is 0 Å². The number of ether oxygens (including phenoxy) is 1. The van der Waals surface area contributed by atoms with E-state index in [0.29, 0.717) is 0 Å². The van der Waals surface area contributed by atoms with Crippen molar-refractivity contribution in [2.75, 3.05) is 0 Å². The van der Waals surface area contributed by atoms with Crippen LogP contribution in [0, 0.1) is 23.7 Å². The van der Waals surface area contributed by atoms with Gasteiger partial charge >= 0.3 is 5.97 Å². The highest BCUT2D eigenvalue weighted by Crippen LogP contribution is 2.05. The highest BCUT2D eigenvalue weighted by molar-refractivity contribution is 5.66. The number of rotatable bonds is 9. The number of carbonyl (C=O) groups is 1. The highest BCUT2D eigenvalue weighted by Gasteiger charge is 2.01. The van der Waals surface area contributed by atoms with Gasteiger partial charge in [-0.2, -0.15) is 0 Å². The van der Waals surface area contributed by atoms with Gasteiger partial charge in [0.05, 0.1) is 0 Å². The molecule has 0 rings (SSSR count). The van der Waals surface area contributed by atoms with Crippen LogP contribution in [0.4, 0.5) is 0 Å². The molecule has 0 radical (unpaired) electrons. The largest absolute Gasteiger partial charge is 0.445 e.